The lowest BCUT2D eigenvalue weighted by molar-refractivity contribution is 0.255. The summed E-state index contributed by atoms with van der Waals surface area (Å²) in [7, 11) is -1.61. The highest BCUT2D eigenvalue weighted by atomic mass is 31.2. The third-order valence-electron chi connectivity index (χ3n) is 8.97. The Morgan fingerprint density at radius 1 is 0.605 bits per heavy atom. The van der Waals surface area contributed by atoms with E-state index in [1.165, 1.54) is 97.6 Å². The van der Waals surface area contributed by atoms with Crippen molar-refractivity contribution in [2.24, 2.45) is 0 Å². The Morgan fingerprint density at radius 2 is 1.02 bits per heavy atom. The monoisotopic (exact) mass is 610 g/mol. The summed E-state index contributed by atoms with van der Waals surface area (Å²) < 4.78 is 20.0. The minimum atomic E-state index is -1.61. The first kappa shape index (κ1) is 35.9. The predicted molar refractivity (Wildman–Crippen MR) is 187 cm³/mol. The van der Waals surface area contributed by atoms with Gasteiger partial charge in [0.15, 0.2) is 0 Å². The van der Waals surface area contributed by atoms with Crippen molar-refractivity contribution in [3.63, 3.8) is 0 Å². The van der Waals surface area contributed by atoms with Crippen molar-refractivity contribution in [2.75, 3.05) is 6.61 Å². The third-order valence-corrected chi connectivity index (χ3v) is 10.1. The van der Waals surface area contributed by atoms with E-state index in [1.54, 1.807) is 0 Å². The van der Waals surface area contributed by atoms with Gasteiger partial charge in [0.1, 0.15) is 11.5 Å². The van der Waals surface area contributed by atoms with Gasteiger partial charge in [0.2, 0.25) is 0 Å². The number of unbranched alkanes of at least 4 members (excludes halogenated alkanes) is 10. The topological polar surface area (TPSA) is 27.7 Å². The number of aryl methyl sites for hydroxylation is 2. The lowest BCUT2D eigenvalue weighted by Crippen LogP contribution is -2.19. The molecule has 4 aliphatic heterocycles. The molecule has 0 saturated heterocycles. The van der Waals surface area contributed by atoms with Crippen LogP contribution < -0.4 is 9.05 Å². The maximum absolute atomic E-state index is 6.76. The molecule has 0 amide bonds. The van der Waals surface area contributed by atoms with E-state index in [1.807, 2.05) is 0 Å². The SMILES string of the molecule is CCCCCCCCCCCCCOP1Oc2cc(C)c(cc2C(C)(C)C)C(CCC)c2cc(C(C)(C)C)c(cc2C)O1. The lowest BCUT2D eigenvalue weighted by Gasteiger charge is -2.32. The molecule has 4 bridgehead atoms. The molecule has 0 aromatic heterocycles. The zero-order valence-corrected chi connectivity index (χ0v) is 30.4. The fourth-order valence-electron chi connectivity index (χ4n) is 6.37. The Balaban J connectivity index is 1.82. The van der Waals surface area contributed by atoms with Gasteiger partial charge in [0.25, 0.3) is 0 Å². The summed E-state index contributed by atoms with van der Waals surface area (Å²) >= 11 is 0. The van der Waals surface area contributed by atoms with E-state index >= 15 is 0 Å². The highest BCUT2D eigenvalue weighted by Crippen LogP contribution is 2.51. The van der Waals surface area contributed by atoms with E-state index in [0.29, 0.717) is 12.5 Å². The van der Waals surface area contributed by atoms with Gasteiger partial charge < -0.3 is 9.05 Å². The van der Waals surface area contributed by atoms with E-state index in [0.717, 1.165) is 30.8 Å². The number of hydrogen-bond acceptors (Lipinski definition) is 3. The zero-order chi connectivity index (χ0) is 31.6. The fraction of sp³-hybridized carbons (Fsp3) is 0.692. The predicted octanol–water partition coefficient (Wildman–Crippen LogP) is 13.2. The van der Waals surface area contributed by atoms with Crippen LogP contribution in [0.1, 0.15) is 178 Å². The number of benzene rings is 2. The minimum Gasteiger partial charge on any atom is -0.417 e. The van der Waals surface area contributed by atoms with Gasteiger partial charge in [-0.25, -0.2) is 0 Å². The molecule has 2 aromatic carbocycles. The first-order valence-electron chi connectivity index (χ1n) is 17.5. The van der Waals surface area contributed by atoms with E-state index in [2.05, 4.69) is 93.5 Å². The van der Waals surface area contributed by atoms with Crippen LogP contribution in [-0.2, 0) is 15.4 Å². The van der Waals surface area contributed by atoms with Crippen LogP contribution in [0.3, 0.4) is 0 Å². The molecule has 0 spiro atoms. The van der Waals surface area contributed by atoms with Crippen molar-refractivity contribution in [1.82, 2.24) is 0 Å². The minimum absolute atomic E-state index is 0.0657. The van der Waals surface area contributed by atoms with Crippen LogP contribution in [0.25, 0.3) is 0 Å². The zero-order valence-electron chi connectivity index (χ0n) is 29.5. The van der Waals surface area contributed by atoms with Crippen LogP contribution >= 0.6 is 8.60 Å². The van der Waals surface area contributed by atoms with Gasteiger partial charge >= 0.3 is 8.60 Å². The largest absolute Gasteiger partial charge is 0.463 e. The molecule has 0 aliphatic carbocycles. The Labute approximate surface area is 266 Å². The molecule has 0 atom stereocenters. The summed E-state index contributed by atoms with van der Waals surface area (Å²) in [5.41, 5.74) is 7.73. The molecule has 0 unspecified atom stereocenters. The molecule has 4 aliphatic rings. The molecule has 4 heteroatoms. The summed E-state index contributed by atoms with van der Waals surface area (Å²) in [6.07, 6.45) is 16.8. The molecular formula is C39H63O3P. The van der Waals surface area contributed by atoms with Gasteiger partial charge in [-0.1, -0.05) is 138 Å². The summed E-state index contributed by atoms with van der Waals surface area (Å²) in [6.45, 7) is 23.4. The van der Waals surface area contributed by atoms with Crippen molar-refractivity contribution in [3.8, 4) is 11.5 Å². The molecular weight excluding hydrogens is 547 g/mol. The van der Waals surface area contributed by atoms with Gasteiger partial charge in [-0.3, -0.25) is 4.52 Å². The normalized spacial score (nSPS) is 17.0. The van der Waals surface area contributed by atoms with Crippen LogP contribution in [-0.4, -0.2) is 6.61 Å². The summed E-state index contributed by atoms with van der Waals surface area (Å²) in [5.74, 6) is 2.14. The van der Waals surface area contributed by atoms with E-state index in [9.17, 15) is 0 Å². The van der Waals surface area contributed by atoms with Crippen LogP contribution in [0.2, 0.25) is 0 Å². The maximum Gasteiger partial charge on any atom is 0.463 e. The van der Waals surface area contributed by atoms with Crippen molar-refractivity contribution >= 4 is 8.60 Å². The molecule has 43 heavy (non-hydrogen) atoms. The lowest BCUT2D eigenvalue weighted by atomic mass is 9.76. The van der Waals surface area contributed by atoms with Crippen LogP contribution in [0, 0.1) is 13.8 Å². The van der Waals surface area contributed by atoms with Crippen molar-refractivity contribution < 1.29 is 13.6 Å². The van der Waals surface area contributed by atoms with E-state index in [-0.39, 0.29) is 10.8 Å². The Hall–Kier alpha value is -1.57. The molecule has 0 fully saturated rings. The third kappa shape index (κ3) is 10.5. The standard InChI is InChI=1S/C39H63O3P/c1-11-13-14-15-16-17-18-19-20-21-22-24-40-43-41-36-25-29(3)32(27-34(36)38(5,6)7)31(23-12-2)33-28-35(39(8,9)10)37(42-43)26-30(33)4/h25-28,31H,11-24H2,1-10H3. The van der Waals surface area contributed by atoms with Crippen LogP contribution in [0.4, 0.5) is 0 Å². The molecule has 3 nitrogen and oxygen atoms in total. The van der Waals surface area contributed by atoms with Crippen LogP contribution in [0.5, 0.6) is 11.5 Å². The van der Waals surface area contributed by atoms with Crippen molar-refractivity contribution in [3.05, 3.63) is 57.6 Å². The van der Waals surface area contributed by atoms with Gasteiger partial charge in [0, 0.05) is 17.0 Å². The maximum atomic E-state index is 6.76. The second kappa shape index (κ2) is 16.7. The number of hydrogen-bond donors (Lipinski definition) is 0. The first-order valence-corrected chi connectivity index (χ1v) is 18.5. The average Bonchev–Trinajstić information content (AvgIpc) is 2.91. The molecule has 2 aromatic rings. The van der Waals surface area contributed by atoms with Crippen LogP contribution in [0.15, 0.2) is 24.3 Å². The molecule has 0 N–H and O–H groups in total. The molecule has 242 valence electrons. The number of rotatable bonds is 15. The Kier molecular flexibility index (Phi) is 13.9. The smallest absolute Gasteiger partial charge is 0.417 e. The van der Waals surface area contributed by atoms with E-state index < -0.39 is 8.60 Å². The van der Waals surface area contributed by atoms with Crippen molar-refractivity contribution in [2.45, 2.75) is 169 Å². The highest BCUT2D eigenvalue weighted by Gasteiger charge is 2.32. The average molecular weight is 611 g/mol. The summed E-state index contributed by atoms with van der Waals surface area (Å²) in [5, 5.41) is 0. The Bertz CT molecular complexity index is 1070. The highest BCUT2D eigenvalue weighted by molar-refractivity contribution is 7.42. The van der Waals surface area contributed by atoms with Crippen molar-refractivity contribution in [1.29, 1.82) is 0 Å². The summed E-state index contributed by atoms with van der Waals surface area (Å²) in [4.78, 5) is 0. The quantitative estimate of drug-likeness (QED) is 0.148. The van der Waals surface area contributed by atoms with Gasteiger partial charge in [0.05, 0.1) is 6.61 Å². The van der Waals surface area contributed by atoms with Gasteiger partial charge in [-0.15, -0.1) is 0 Å². The second-order valence-corrected chi connectivity index (χ2v) is 16.1. The first-order chi connectivity index (χ1) is 20.4. The molecule has 4 heterocycles. The summed E-state index contributed by atoms with van der Waals surface area (Å²) in [6, 6.07) is 9.34. The molecule has 0 radical (unpaired) electrons. The molecule has 6 rings (SSSR count). The Morgan fingerprint density at radius 3 is 1.42 bits per heavy atom. The fourth-order valence-corrected chi connectivity index (χ4v) is 7.42. The van der Waals surface area contributed by atoms with Gasteiger partial charge in [-0.2, -0.15) is 0 Å². The molecule has 0 saturated carbocycles. The van der Waals surface area contributed by atoms with Gasteiger partial charge in [-0.05, 0) is 71.9 Å². The van der Waals surface area contributed by atoms with E-state index in [4.69, 9.17) is 13.6 Å². The second-order valence-electron chi connectivity index (χ2n) is 15.0.